The monoisotopic (exact) mass is 599 g/mol. The summed E-state index contributed by atoms with van der Waals surface area (Å²) in [5.74, 6) is -2.26. The zero-order valence-corrected chi connectivity index (χ0v) is 21.3. The van der Waals surface area contributed by atoms with Gasteiger partial charge in [-0.15, -0.1) is 21.5 Å². The minimum absolute atomic E-state index is 0.0182. The van der Waals surface area contributed by atoms with Gasteiger partial charge in [-0.2, -0.15) is 30.6 Å². The summed E-state index contributed by atoms with van der Waals surface area (Å²) in [5, 5.41) is 17.0. The predicted molar refractivity (Wildman–Crippen MR) is 124 cm³/mol. The summed E-state index contributed by atoms with van der Waals surface area (Å²) in [6, 6.07) is 3.91. The average Bonchev–Trinajstić information content (AvgIpc) is 3.54. The van der Waals surface area contributed by atoms with Gasteiger partial charge in [-0.05, 0) is 37.3 Å². The lowest BCUT2D eigenvalue weighted by atomic mass is 10.0. The molecule has 39 heavy (non-hydrogen) atoms. The van der Waals surface area contributed by atoms with Crippen molar-refractivity contribution in [3.63, 3.8) is 0 Å². The molecular formula is C21H19F6N5O5S2. The molecule has 1 saturated heterocycles. The van der Waals surface area contributed by atoms with Crippen LogP contribution in [0.1, 0.15) is 17.4 Å². The zero-order valence-electron chi connectivity index (χ0n) is 19.7. The number of rotatable bonds is 6. The summed E-state index contributed by atoms with van der Waals surface area (Å²) in [6.45, 7) is 0.749. The Bertz CT molecular complexity index is 1470. The van der Waals surface area contributed by atoms with Gasteiger partial charge in [-0.3, -0.25) is 4.79 Å². The second-order valence-electron chi connectivity index (χ2n) is 8.58. The molecule has 1 aromatic carbocycles. The van der Waals surface area contributed by atoms with Crippen molar-refractivity contribution in [2.45, 2.75) is 35.1 Å². The molecule has 2 unspecified atom stereocenters. The molecule has 0 aliphatic carbocycles. The molecule has 2 atom stereocenters. The van der Waals surface area contributed by atoms with E-state index >= 15 is 0 Å². The van der Waals surface area contributed by atoms with Gasteiger partial charge in [0, 0.05) is 36.9 Å². The maximum atomic E-state index is 13.9. The molecule has 1 fully saturated rings. The van der Waals surface area contributed by atoms with Crippen molar-refractivity contribution in [3.8, 4) is 11.5 Å². The lowest BCUT2D eigenvalue weighted by Gasteiger charge is -2.40. The number of piperazine rings is 1. The number of thiophene rings is 1. The molecule has 1 amide bonds. The molecule has 10 nitrogen and oxygen atoms in total. The molecule has 2 aromatic heterocycles. The third kappa shape index (κ3) is 5.08. The normalized spacial score (nSPS) is 19.2. The molecule has 1 aliphatic rings. The zero-order chi connectivity index (χ0) is 29.0. The van der Waals surface area contributed by atoms with Gasteiger partial charge in [-0.1, -0.05) is 0 Å². The molecule has 3 heterocycles. The number of hydrogen-bond acceptors (Lipinski definition) is 9. The van der Waals surface area contributed by atoms with E-state index in [-0.39, 0.29) is 48.1 Å². The number of nitrogens with two attached hydrogens (primary N) is 1. The summed E-state index contributed by atoms with van der Waals surface area (Å²) >= 11 is 0.0182. The van der Waals surface area contributed by atoms with E-state index in [1.807, 2.05) is 0 Å². The van der Waals surface area contributed by atoms with Gasteiger partial charge >= 0.3 is 12.4 Å². The number of sulfonamides is 1. The molecule has 0 spiro atoms. The van der Waals surface area contributed by atoms with Crippen LogP contribution in [0.5, 0.6) is 0 Å². The van der Waals surface area contributed by atoms with Gasteiger partial charge in [0.1, 0.15) is 4.21 Å². The molecule has 0 saturated carbocycles. The summed E-state index contributed by atoms with van der Waals surface area (Å²) in [7, 11) is -4.46. The predicted octanol–water partition coefficient (Wildman–Crippen LogP) is 2.95. The minimum Gasteiger partial charge on any atom is -0.423 e. The second-order valence-corrected chi connectivity index (χ2v) is 11.8. The van der Waals surface area contributed by atoms with Gasteiger partial charge < -0.3 is 20.2 Å². The van der Waals surface area contributed by atoms with E-state index in [1.54, 1.807) is 0 Å². The number of halogens is 6. The van der Waals surface area contributed by atoms with Gasteiger partial charge in [0.25, 0.3) is 21.5 Å². The lowest BCUT2D eigenvalue weighted by Crippen LogP contribution is -2.54. The van der Waals surface area contributed by atoms with Gasteiger partial charge in [0.15, 0.2) is 0 Å². The molecule has 3 aromatic rings. The van der Waals surface area contributed by atoms with E-state index in [4.69, 9.17) is 10.2 Å². The molecule has 0 radical (unpaired) electrons. The Balaban J connectivity index is 1.60. The van der Waals surface area contributed by atoms with E-state index in [0.717, 1.165) is 22.8 Å². The molecule has 4 rings (SSSR count). The van der Waals surface area contributed by atoms with E-state index in [0.29, 0.717) is 6.07 Å². The first-order valence-electron chi connectivity index (χ1n) is 10.9. The Morgan fingerprint density at radius 3 is 2.38 bits per heavy atom. The first-order chi connectivity index (χ1) is 18.0. The van der Waals surface area contributed by atoms with Crippen molar-refractivity contribution in [2.75, 3.05) is 24.5 Å². The lowest BCUT2D eigenvalue weighted by molar-refractivity contribution is -0.254. The maximum absolute atomic E-state index is 13.9. The SMILES string of the molecule is CC1CN(c2ccc(-c3nnco3)cc2C(F)(F)F)CCN1S(=O)(=O)c1ccc(C(O)(C(N)=O)C(F)(F)F)s1. The number of amides is 1. The average molecular weight is 600 g/mol. The highest BCUT2D eigenvalue weighted by Crippen LogP contribution is 2.44. The topological polar surface area (TPSA) is 143 Å². The molecule has 0 bridgehead atoms. The first-order valence-corrected chi connectivity index (χ1v) is 13.2. The van der Waals surface area contributed by atoms with Crippen LogP contribution in [0, 0.1) is 0 Å². The number of primary amides is 1. The molecule has 212 valence electrons. The summed E-state index contributed by atoms with van der Waals surface area (Å²) < 4.78 is 114. The van der Waals surface area contributed by atoms with Crippen LogP contribution in [0.2, 0.25) is 0 Å². The Morgan fingerprint density at radius 1 is 1.15 bits per heavy atom. The quantitative estimate of drug-likeness (QED) is 0.412. The second kappa shape index (κ2) is 9.76. The third-order valence-corrected chi connectivity index (χ3v) is 9.76. The molecular weight excluding hydrogens is 580 g/mol. The van der Waals surface area contributed by atoms with Crippen LogP contribution >= 0.6 is 11.3 Å². The fraction of sp³-hybridized carbons (Fsp3) is 0.381. The number of anilines is 1. The fourth-order valence-corrected chi connectivity index (χ4v) is 7.32. The number of hydrogen-bond donors (Lipinski definition) is 2. The number of benzene rings is 1. The van der Waals surface area contributed by atoms with Crippen molar-refractivity contribution in [1.82, 2.24) is 14.5 Å². The van der Waals surface area contributed by atoms with Crippen molar-refractivity contribution >= 4 is 33.0 Å². The fourth-order valence-electron chi connectivity index (χ4n) is 4.16. The molecule has 3 N–H and O–H groups in total. The van der Waals surface area contributed by atoms with Crippen LogP contribution in [-0.4, -0.2) is 65.8 Å². The third-order valence-electron chi connectivity index (χ3n) is 6.08. The van der Waals surface area contributed by atoms with Crippen molar-refractivity contribution in [2.24, 2.45) is 5.73 Å². The number of carbonyl (C=O) groups excluding carboxylic acids is 1. The van der Waals surface area contributed by atoms with E-state index in [2.05, 4.69) is 10.2 Å². The number of alkyl halides is 6. The number of nitrogens with zero attached hydrogens (tertiary/aromatic N) is 4. The van der Waals surface area contributed by atoms with E-state index < -0.39 is 54.6 Å². The molecule has 1 aliphatic heterocycles. The Hall–Kier alpha value is -3.22. The van der Waals surface area contributed by atoms with Crippen LogP contribution in [0.15, 0.2) is 45.4 Å². The Labute approximate surface area is 220 Å². The summed E-state index contributed by atoms with van der Waals surface area (Å²) in [5.41, 5.74) is -0.538. The number of carbonyl (C=O) groups is 1. The highest BCUT2D eigenvalue weighted by Gasteiger charge is 2.61. The maximum Gasteiger partial charge on any atom is 0.431 e. The van der Waals surface area contributed by atoms with Crippen molar-refractivity contribution in [3.05, 3.63) is 47.2 Å². The highest BCUT2D eigenvalue weighted by molar-refractivity contribution is 7.91. The summed E-state index contributed by atoms with van der Waals surface area (Å²) in [6.07, 6.45) is -9.33. The van der Waals surface area contributed by atoms with Gasteiger partial charge in [0.05, 0.1) is 10.4 Å². The van der Waals surface area contributed by atoms with Crippen molar-refractivity contribution < 1.29 is 49.1 Å². The number of aliphatic hydroxyl groups is 1. The van der Waals surface area contributed by atoms with Crippen LogP contribution in [0.4, 0.5) is 32.0 Å². The summed E-state index contributed by atoms with van der Waals surface area (Å²) in [4.78, 5) is 11.7. The van der Waals surface area contributed by atoms with E-state index in [1.165, 1.54) is 24.0 Å². The van der Waals surface area contributed by atoms with Gasteiger partial charge in [0.2, 0.25) is 12.3 Å². The van der Waals surface area contributed by atoms with Crippen molar-refractivity contribution in [1.29, 1.82) is 0 Å². The first kappa shape index (κ1) is 28.8. The highest BCUT2D eigenvalue weighted by atomic mass is 32.2. The van der Waals surface area contributed by atoms with E-state index in [9.17, 15) is 44.7 Å². The molecule has 18 heteroatoms. The van der Waals surface area contributed by atoms with Crippen LogP contribution < -0.4 is 10.6 Å². The Kier molecular flexibility index (Phi) is 7.20. The van der Waals surface area contributed by atoms with Crippen LogP contribution in [0.3, 0.4) is 0 Å². The largest absolute Gasteiger partial charge is 0.431 e. The number of aromatic nitrogens is 2. The standard InChI is InChI=1S/C21H19F6N5O5S2/c1-11-9-31(14-3-2-12(17-30-29-10-37-17)8-13(14)20(22,23)24)6-7-32(11)39(35,36)16-5-4-15(38-16)19(34,18(28)33)21(25,26)27/h2-5,8,10-11,34H,6-7,9H2,1H3,(H2,28,33). The minimum atomic E-state index is -5.51. The van der Waals surface area contributed by atoms with Crippen LogP contribution in [0.25, 0.3) is 11.5 Å². The smallest absolute Gasteiger partial charge is 0.423 e. The Morgan fingerprint density at radius 2 is 1.85 bits per heavy atom. The van der Waals surface area contributed by atoms with Crippen LogP contribution in [-0.2, 0) is 26.6 Å². The van der Waals surface area contributed by atoms with Gasteiger partial charge in [-0.25, -0.2) is 8.42 Å².